The van der Waals surface area contributed by atoms with Crippen LogP contribution >= 0.6 is 11.6 Å². The van der Waals surface area contributed by atoms with Gasteiger partial charge in [-0.25, -0.2) is 0 Å². The molecule has 0 amide bonds. The number of unbranched alkanes of at least 4 members (excludes halogenated alkanes) is 5. The molecule has 96 valence electrons. The summed E-state index contributed by atoms with van der Waals surface area (Å²) >= 11 is 6.14. The zero-order valence-corrected chi connectivity index (χ0v) is 11.5. The molecule has 0 radical (unpaired) electrons. The molecule has 16 heavy (non-hydrogen) atoms. The topological polar surface area (TPSA) is 9.23 Å². The van der Waals surface area contributed by atoms with E-state index in [1.807, 2.05) is 0 Å². The maximum absolute atomic E-state index is 6.14. The highest BCUT2D eigenvalue weighted by atomic mass is 35.5. The van der Waals surface area contributed by atoms with Gasteiger partial charge < -0.3 is 4.74 Å². The fraction of sp³-hybridized carbons (Fsp3) is 1.00. The molecule has 2 heteroatoms. The first-order valence-electron chi connectivity index (χ1n) is 6.97. The van der Waals surface area contributed by atoms with E-state index >= 15 is 0 Å². The molecule has 0 aromatic rings. The van der Waals surface area contributed by atoms with Crippen LogP contribution in [0.4, 0.5) is 0 Å². The third-order valence-corrected chi connectivity index (χ3v) is 4.46. The van der Waals surface area contributed by atoms with Crippen molar-refractivity contribution in [2.24, 2.45) is 5.41 Å². The first kappa shape index (κ1) is 14.3. The van der Waals surface area contributed by atoms with Gasteiger partial charge in [0.1, 0.15) is 0 Å². The van der Waals surface area contributed by atoms with Crippen molar-refractivity contribution < 1.29 is 4.74 Å². The molecule has 1 aliphatic rings. The second-order valence-electron chi connectivity index (χ2n) is 5.26. The van der Waals surface area contributed by atoms with E-state index in [1.165, 1.54) is 57.8 Å². The van der Waals surface area contributed by atoms with Gasteiger partial charge in [-0.3, -0.25) is 0 Å². The van der Waals surface area contributed by atoms with E-state index in [0.29, 0.717) is 5.41 Å². The van der Waals surface area contributed by atoms with Gasteiger partial charge in [-0.1, -0.05) is 45.4 Å². The molecular weight excluding hydrogens is 220 g/mol. The number of hydrogen-bond acceptors (Lipinski definition) is 1. The van der Waals surface area contributed by atoms with Crippen LogP contribution in [0.15, 0.2) is 0 Å². The highest BCUT2D eigenvalue weighted by Gasteiger charge is 2.30. The van der Waals surface area contributed by atoms with Crippen LogP contribution < -0.4 is 0 Å². The van der Waals surface area contributed by atoms with Crippen molar-refractivity contribution in [1.29, 1.82) is 0 Å². The highest BCUT2D eigenvalue weighted by Crippen LogP contribution is 2.37. The molecule has 0 atom stereocenters. The molecule has 0 N–H and O–H groups in total. The maximum atomic E-state index is 6.14. The molecule has 0 aromatic heterocycles. The number of alkyl halides is 1. The summed E-state index contributed by atoms with van der Waals surface area (Å²) < 4.78 is 5.43. The molecule has 1 saturated heterocycles. The summed E-state index contributed by atoms with van der Waals surface area (Å²) in [5, 5.41) is 0. The van der Waals surface area contributed by atoms with E-state index in [9.17, 15) is 0 Å². The summed E-state index contributed by atoms with van der Waals surface area (Å²) in [7, 11) is 0. The number of halogens is 1. The lowest BCUT2D eigenvalue weighted by Gasteiger charge is -2.35. The molecule has 1 rings (SSSR count). The molecule has 0 bridgehead atoms. The molecule has 1 heterocycles. The number of rotatable bonds is 8. The molecule has 1 aliphatic heterocycles. The normalized spacial score (nSPS) is 19.9. The van der Waals surface area contributed by atoms with E-state index in [0.717, 1.165) is 19.1 Å². The molecule has 1 nitrogen and oxygen atoms in total. The summed E-state index contributed by atoms with van der Waals surface area (Å²) in [6.07, 6.45) is 12.0. The minimum absolute atomic E-state index is 0.407. The Balaban J connectivity index is 2.08. The smallest absolute Gasteiger partial charge is 0.0471 e. The number of ether oxygens (including phenoxy) is 1. The molecule has 0 spiro atoms. The van der Waals surface area contributed by atoms with Crippen LogP contribution in [0, 0.1) is 5.41 Å². The summed E-state index contributed by atoms with van der Waals surface area (Å²) in [5.74, 6) is 0.825. The average Bonchev–Trinajstić information content (AvgIpc) is 2.35. The van der Waals surface area contributed by atoms with Crippen molar-refractivity contribution in [2.45, 2.75) is 64.7 Å². The predicted octanol–water partition coefficient (Wildman–Crippen LogP) is 4.77. The fourth-order valence-corrected chi connectivity index (χ4v) is 2.94. The zero-order valence-electron chi connectivity index (χ0n) is 10.8. The van der Waals surface area contributed by atoms with E-state index in [2.05, 4.69) is 6.92 Å². The van der Waals surface area contributed by atoms with Crippen molar-refractivity contribution in [3.8, 4) is 0 Å². The SMILES string of the molecule is CCCCCCCCC1(CCl)CCOCC1. The van der Waals surface area contributed by atoms with Crippen LogP contribution in [0.5, 0.6) is 0 Å². The van der Waals surface area contributed by atoms with E-state index < -0.39 is 0 Å². The van der Waals surface area contributed by atoms with E-state index in [-0.39, 0.29) is 0 Å². The standard InChI is InChI=1S/C14H27ClO/c1-2-3-4-5-6-7-8-14(13-15)9-11-16-12-10-14/h2-13H2,1H3. The lowest BCUT2D eigenvalue weighted by molar-refractivity contribution is 0.0203. The Morgan fingerprint density at radius 2 is 1.62 bits per heavy atom. The Kier molecular flexibility index (Phi) is 7.47. The lowest BCUT2D eigenvalue weighted by atomic mass is 9.77. The fourth-order valence-electron chi connectivity index (χ4n) is 2.54. The summed E-state index contributed by atoms with van der Waals surface area (Å²) in [5.41, 5.74) is 0.407. The van der Waals surface area contributed by atoms with Gasteiger partial charge in [-0.2, -0.15) is 0 Å². The van der Waals surface area contributed by atoms with Gasteiger partial charge in [0.15, 0.2) is 0 Å². The molecule has 1 fully saturated rings. The Morgan fingerprint density at radius 3 is 2.25 bits per heavy atom. The predicted molar refractivity (Wildman–Crippen MR) is 71.2 cm³/mol. The Labute approximate surface area is 106 Å². The first-order chi connectivity index (χ1) is 7.83. The Hall–Kier alpha value is 0.250. The van der Waals surface area contributed by atoms with Crippen molar-refractivity contribution in [2.75, 3.05) is 19.1 Å². The van der Waals surface area contributed by atoms with Crippen LogP contribution in [-0.2, 0) is 4.74 Å². The lowest BCUT2D eigenvalue weighted by Crippen LogP contribution is -2.31. The quantitative estimate of drug-likeness (QED) is 0.443. The van der Waals surface area contributed by atoms with Crippen molar-refractivity contribution in [1.82, 2.24) is 0 Å². The molecule has 0 aliphatic carbocycles. The second kappa shape index (κ2) is 8.36. The third kappa shape index (κ3) is 5.05. The van der Waals surface area contributed by atoms with Crippen LogP contribution in [0.1, 0.15) is 64.7 Å². The molecule has 0 unspecified atom stereocenters. The second-order valence-corrected chi connectivity index (χ2v) is 5.53. The Morgan fingerprint density at radius 1 is 1.00 bits per heavy atom. The molecular formula is C14H27ClO. The van der Waals surface area contributed by atoms with Crippen LogP contribution in [0.25, 0.3) is 0 Å². The van der Waals surface area contributed by atoms with Gasteiger partial charge >= 0.3 is 0 Å². The van der Waals surface area contributed by atoms with Gasteiger partial charge in [0.25, 0.3) is 0 Å². The van der Waals surface area contributed by atoms with Crippen molar-refractivity contribution in [3.63, 3.8) is 0 Å². The van der Waals surface area contributed by atoms with Crippen LogP contribution in [0.2, 0.25) is 0 Å². The monoisotopic (exact) mass is 246 g/mol. The van der Waals surface area contributed by atoms with Crippen LogP contribution in [-0.4, -0.2) is 19.1 Å². The zero-order chi connectivity index (χ0) is 11.7. The summed E-state index contributed by atoms with van der Waals surface area (Å²) in [6, 6.07) is 0. The van der Waals surface area contributed by atoms with Gasteiger partial charge in [0.05, 0.1) is 0 Å². The highest BCUT2D eigenvalue weighted by molar-refractivity contribution is 6.18. The molecule has 0 aromatic carbocycles. The summed E-state index contributed by atoms with van der Waals surface area (Å²) in [6.45, 7) is 4.11. The minimum Gasteiger partial charge on any atom is -0.381 e. The largest absolute Gasteiger partial charge is 0.381 e. The van der Waals surface area contributed by atoms with Gasteiger partial charge in [-0.05, 0) is 24.7 Å². The summed E-state index contributed by atoms with van der Waals surface area (Å²) in [4.78, 5) is 0. The maximum Gasteiger partial charge on any atom is 0.0471 e. The first-order valence-corrected chi connectivity index (χ1v) is 7.50. The van der Waals surface area contributed by atoms with Crippen molar-refractivity contribution >= 4 is 11.6 Å². The Bertz CT molecular complexity index is 164. The van der Waals surface area contributed by atoms with E-state index in [1.54, 1.807) is 0 Å². The van der Waals surface area contributed by atoms with Crippen molar-refractivity contribution in [3.05, 3.63) is 0 Å². The van der Waals surface area contributed by atoms with Gasteiger partial charge in [-0.15, -0.1) is 11.6 Å². The number of hydrogen-bond donors (Lipinski definition) is 0. The van der Waals surface area contributed by atoms with Gasteiger partial charge in [0, 0.05) is 19.1 Å². The van der Waals surface area contributed by atoms with E-state index in [4.69, 9.17) is 16.3 Å². The third-order valence-electron chi connectivity index (χ3n) is 3.90. The van der Waals surface area contributed by atoms with Gasteiger partial charge in [0.2, 0.25) is 0 Å². The molecule has 0 saturated carbocycles. The average molecular weight is 247 g/mol. The minimum atomic E-state index is 0.407. The van der Waals surface area contributed by atoms with Crippen LogP contribution in [0.3, 0.4) is 0 Å².